The van der Waals surface area contributed by atoms with Crippen molar-refractivity contribution in [1.82, 2.24) is 25.5 Å². The fraction of sp³-hybridized carbons (Fsp3) is 0.400. The molecule has 1 fully saturated rings. The molecule has 3 rings (SSSR count). The van der Waals surface area contributed by atoms with E-state index in [9.17, 15) is 18.7 Å². The number of aliphatic hydroxyl groups excluding tert-OH is 1. The molecule has 10 heteroatoms. The van der Waals surface area contributed by atoms with Gasteiger partial charge in [0.1, 0.15) is 12.7 Å². The van der Waals surface area contributed by atoms with Crippen LogP contribution in [0.1, 0.15) is 24.2 Å². The molecule has 2 heterocycles. The Morgan fingerprint density at radius 2 is 2.07 bits per heavy atom. The summed E-state index contributed by atoms with van der Waals surface area (Å²) in [6.07, 6.45) is 5.73. The zero-order valence-corrected chi connectivity index (χ0v) is 16.2. The average Bonchev–Trinajstić information content (AvgIpc) is 3.39. The van der Waals surface area contributed by atoms with Crippen LogP contribution in [0.3, 0.4) is 0 Å². The Morgan fingerprint density at radius 1 is 1.30 bits per heavy atom. The summed E-state index contributed by atoms with van der Waals surface area (Å²) < 4.78 is 33.8. The number of benzene rings is 1. The number of nitrogens with zero attached hydrogens (tertiary/aromatic N) is 4. The topological polar surface area (TPSA) is 104 Å². The van der Waals surface area contributed by atoms with Crippen LogP contribution in [0.5, 0.6) is 0 Å². The van der Waals surface area contributed by atoms with E-state index in [1.54, 1.807) is 6.07 Å². The molecule has 2 unspecified atom stereocenters. The second-order valence-electron chi connectivity index (χ2n) is 6.78. The number of H-pyrrole nitrogens is 1. The Balaban J connectivity index is 1.50. The first-order chi connectivity index (χ1) is 14.5. The van der Waals surface area contributed by atoms with E-state index in [1.807, 2.05) is 12.2 Å². The fourth-order valence-electron chi connectivity index (χ4n) is 3.02. The van der Waals surface area contributed by atoms with E-state index in [4.69, 9.17) is 4.74 Å². The fourth-order valence-corrected chi connectivity index (χ4v) is 3.02. The molecule has 0 spiro atoms. The van der Waals surface area contributed by atoms with Crippen LogP contribution in [0.15, 0.2) is 54.6 Å². The molecule has 1 amide bonds. The number of aromatic amines is 1. The van der Waals surface area contributed by atoms with Gasteiger partial charge in [0.25, 0.3) is 0 Å². The summed E-state index contributed by atoms with van der Waals surface area (Å²) in [5.74, 6) is -2.81. The van der Waals surface area contributed by atoms with Gasteiger partial charge in [-0.2, -0.15) is 14.0 Å². The van der Waals surface area contributed by atoms with E-state index in [-0.39, 0.29) is 12.2 Å². The lowest BCUT2D eigenvalue weighted by molar-refractivity contribution is -0.0929. The van der Waals surface area contributed by atoms with E-state index in [0.717, 1.165) is 12.5 Å². The number of ether oxygens (including phenoxy) is 1. The highest BCUT2D eigenvalue weighted by Gasteiger charge is 2.39. The number of carbonyl (C=O) groups excluding carboxylic acids is 1. The van der Waals surface area contributed by atoms with Crippen LogP contribution in [-0.2, 0) is 17.1 Å². The number of carbonyl (C=O) groups is 1. The van der Waals surface area contributed by atoms with Gasteiger partial charge >= 0.3 is 12.0 Å². The number of hydrogen-bond acceptors (Lipinski definition) is 6. The van der Waals surface area contributed by atoms with Crippen LogP contribution in [0, 0.1) is 0 Å². The number of allylic oxidation sites excluding steroid dienone is 1. The minimum atomic E-state index is -3.44. The highest BCUT2D eigenvalue weighted by Crippen LogP contribution is 2.32. The zero-order chi connectivity index (χ0) is 21.4. The van der Waals surface area contributed by atoms with Crippen molar-refractivity contribution in [2.24, 2.45) is 0 Å². The van der Waals surface area contributed by atoms with Gasteiger partial charge in [-0.05, 0) is 12.8 Å². The van der Waals surface area contributed by atoms with Crippen LogP contribution in [-0.4, -0.2) is 62.0 Å². The Bertz CT molecular complexity index is 859. The van der Waals surface area contributed by atoms with Gasteiger partial charge in [0, 0.05) is 18.5 Å². The molecule has 0 radical (unpaired) electrons. The molecule has 1 saturated heterocycles. The monoisotopic (exact) mass is 419 g/mol. The van der Waals surface area contributed by atoms with Crippen LogP contribution in [0.4, 0.5) is 13.6 Å². The van der Waals surface area contributed by atoms with Crippen molar-refractivity contribution in [3.05, 3.63) is 66.0 Å². The molecule has 0 saturated carbocycles. The van der Waals surface area contributed by atoms with Crippen molar-refractivity contribution in [1.29, 1.82) is 0 Å². The SMILES string of the molecule is O=C1OCC(/C=C/C(O)C(F)(F)c2ccccc2)N1CC/C=C\CCc1nn[nH]n1. The Labute approximate surface area is 172 Å². The quantitative estimate of drug-likeness (QED) is 0.574. The number of amides is 1. The lowest BCUT2D eigenvalue weighted by Gasteiger charge is -2.22. The number of aryl methyl sites for hydroxylation is 1. The third-order valence-electron chi connectivity index (χ3n) is 4.69. The van der Waals surface area contributed by atoms with Crippen LogP contribution in [0.25, 0.3) is 0 Å². The number of halogens is 2. The Morgan fingerprint density at radius 3 is 2.80 bits per heavy atom. The average molecular weight is 419 g/mol. The molecule has 1 aliphatic rings. The van der Waals surface area contributed by atoms with Crippen molar-refractivity contribution < 1.29 is 23.4 Å². The number of nitrogens with one attached hydrogen (secondary N) is 1. The number of aliphatic hydroxyl groups is 1. The van der Waals surface area contributed by atoms with Gasteiger partial charge in [0.05, 0.1) is 6.04 Å². The third kappa shape index (κ3) is 5.47. The summed E-state index contributed by atoms with van der Waals surface area (Å²) in [7, 11) is 0. The summed E-state index contributed by atoms with van der Waals surface area (Å²) in [5.41, 5.74) is -0.274. The van der Waals surface area contributed by atoms with Gasteiger partial charge < -0.3 is 9.84 Å². The number of cyclic esters (lactones) is 1. The number of aromatic nitrogens is 4. The number of tetrazole rings is 1. The molecular weight excluding hydrogens is 396 g/mol. The maximum atomic E-state index is 14.4. The van der Waals surface area contributed by atoms with Crippen molar-refractivity contribution in [2.75, 3.05) is 13.2 Å². The highest BCUT2D eigenvalue weighted by atomic mass is 19.3. The predicted molar refractivity (Wildman–Crippen MR) is 104 cm³/mol. The van der Waals surface area contributed by atoms with Gasteiger partial charge in [-0.15, -0.1) is 10.2 Å². The van der Waals surface area contributed by atoms with Gasteiger partial charge in [-0.3, -0.25) is 4.90 Å². The Kier molecular flexibility index (Phi) is 7.23. The molecule has 8 nitrogen and oxygen atoms in total. The van der Waals surface area contributed by atoms with Crippen LogP contribution < -0.4 is 0 Å². The summed E-state index contributed by atoms with van der Waals surface area (Å²) in [5, 5.41) is 23.6. The van der Waals surface area contributed by atoms with Gasteiger partial charge in [0.15, 0.2) is 5.82 Å². The molecule has 1 aliphatic heterocycles. The predicted octanol–water partition coefficient (Wildman–Crippen LogP) is 2.61. The molecule has 30 heavy (non-hydrogen) atoms. The second kappa shape index (κ2) is 10.1. The number of rotatable bonds is 10. The molecule has 2 aromatic rings. The van der Waals surface area contributed by atoms with Gasteiger partial charge in [-0.25, -0.2) is 4.79 Å². The summed E-state index contributed by atoms with van der Waals surface area (Å²) in [6.45, 7) is 0.429. The van der Waals surface area contributed by atoms with Crippen molar-refractivity contribution in [2.45, 2.75) is 37.3 Å². The minimum absolute atomic E-state index is 0.0561. The summed E-state index contributed by atoms with van der Waals surface area (Å²) in [4.78, 5) is 13.4. The van der Waals surface area contributed by atoms with E-state index >= 15 is 0 Å². The molecule has 160 valence electrons. The third-order valence-corrected chi connectivity index (χ3v) is 4.69. The number of alkyl halides is 2. The van der Waals surface area contributed by atoms with Gasteiger partial charge in [0.2, 0.25) is 0 Å². The van der Waals surface area contributed by atoms with E-state index in [1.165, 1.54) is 35.2 Å². The van der Waals surface area contributed by atoms with E-state index in [0.29, 0.717) is 25.2 Å². The largest absolute Gasteiger partial charge is 0.447 e. The van der Waals surface area contributed by atoms with Gasteiger partial charge in [-0.1, -0.05) is 59.8 Å². The van der Waals surface area contributed by atoms with Crippen LogP contribution >= 0.6 is 0 Å². The first kappa shape index (κ1) is 21.6. The summed E-state index contributed by atoms with van der Waals surface area (Å²) >= 11 is 0. The van der Waals surface area contributed by atoms with Crippen molar-refractivity contribution in [3.63, 3.8) is 0 Å². The lowest BCUT2D eigenvalue weighted by Crippen LogP contribution is -2.34. The molecule has 0 aliphatic carbocycles. The van der Waals surface area contributed by atoms with E-state index in [2.05, 4.69) is 20.6 Å². The summed E-state index contributed by atoms with van der Waals surface area (Å²) in [6, 6.07) is 6.61. The molecule has 1 aromatic heterocycles. The second-order valence-corrected chi connectivity index (χ2v) is 6.78. The first-order valence-electron chi connectivity index (χ1n) is 9.59. The van der Waals surface area contributed by atoms with Crippen molar-refractivity contribution in [3.8, 4) is 0 Å². The molecule has 0 bridgehead atoms. The number of hydrogen-bond donors (Lipinski definition) is 2. The first-order valence-corrected chi connectivity index (χ1v) is 9.59. The standard InChI is InChI=1S/C20H23F2N5O3/c21-20(22,15-8-4-3-5-9-15)17(28)12-11-16-14-30-19(29)27(16)13-7-2-1-6-10-18-23-25-26-24-18/h1-5,8-9,11-12,16-17,28H,6-7,10,13-14H2,(H,23,24,25,26)/b2-1-,12-11+. The molecular formula is C20H23F2N5O3. The van der Waals surface area contributed by atoms with Crippen LogP contribution in [0.2, 0.25) is 0 Å². The Hall–Kier alpha value is -3.14. The maximum Gasteiger partial charge on any atom is 0.410 e. The zero-order valence-electron chi connectivity index (χ0n) is 16.2. The maximum absolute atomic E-state index is 14.4. The molecule has 2 atom stereocenters. The molecule has 2 N–H and O–H groups in total. The normalized spacial score (nSPS) is 18.4. The van der Waals surface area contributed by atoms with E-state index < -0.39 is 24.2 Å². The smallest absolute Gasteiger partial charge is 0.410 e. The van der Waals surface area contributed by atoms with Crippen molar-refractivity contribution >= 4 is 6.09 Å². The highest BCUT2D eigenvalue weighted by molar-refractivity contribution is 5.70. The molecule has 1 aromatic carbocycles. The lowest BCUT2D eigenvalue weighted by atomic mass is 10.0. The minimum Gasteiger partial charge on any atom is -0.447 e.